The highest BCUT2D eigenvalue weighted by atomic mass is 16.6. The predicted octanol–water partition coefficient (Wildman–Crippen LogP) is 3.57. The van der Waals surface area contributed by atoms with Crippen molar-refractivity contribution in [1.82, 2.24) is 5.32 Å². The normalized spacial score (nSPS) is 11.0. The molecule has 0 spiro atoms. The zero-order valence-corrected chi connectivity index (χ0v) is 15.7. The Bertz CT molecular complexity index is 579. The fraction of sp³-hybridized carbons (Fsp3) is 0.579. The van der Waals surface area contributed by atoms with Crippen LogP contribution in [0.5, 0.6) is 0 Å². The smallest absolute Gasteiger partial charge is 0.407 e. The topological polar surface area (TPSA) is 90.6 Å². The average molecular weight is 350 g/mol. The number of nitrogens with one attached hydrogen (secondary N) is 1. The van der Waals surface area contributed by atoms with Crippen LogP contribution in [0.3, 0.4) is 0 Å². The van der Waals surface area contributed by atoms with Crippen molar-refractivity contribution in [3.8, 4) is 0 Å². The van der Waals surface area contributed by atoms with Gasteiger partial charge >= 0.3 is 12.1 Å². The van der Waals surface area contributed by atoms with Crippen molar-refractivity contribution in [3.05, 3.63) is 29.3 Å². The van der Waals surface area contributed by atoms with E-state index in [2.05, 4.69) is 5.32 Å². The van der Waals surface area contributed by atoms with Gasteiger partial charge in [0.15, 0.2) is 0 Å². The molecule has 0 saturated carbocycles. The molecule has 0 aromatic heterocycles. The Morgan fingerprint density at radius 1 is 1.20 bits per heavy atom. The Kier molecular flexibility index (Phi) is 8.25. The first-order valence-corrected chi connectivity index (χ1v) is 8.71. The molecule has 0 fully saturated rings. The van der Waals surface area contributed by atoms with Crippen LogP contribution in [-0.2, 0) is 27.2 Å². The summed E-state index contributed by atoms with van der Waals surface area (Å²) in [5, 5.41) is 2.74. The molecule has 1 aromatic carbocycles. The zero-order valence-electron chi connectivity index (χ0n) is 15.7. The second-order valence-electron chi connectivity index (χ2n) is 6.90. The molecule has 0 radical (unpaired) electrons. The van der Waals surface area contributed by atoms with Gasteiger partial charge in [-0.25, -0.2) is 4.79 Å². The first-order valence-electron chi connectivity index (χ1n) is 8.71. The van der Waals surface area contributed by atoms with Crippen LogP contribution in [0, 0.1) is 0 Å². The molecule has 6 heteroatoms. The predicted molar refractivity (Wildman–Crippen MR) is 98.1 cm³/mol. The molecule has 0 bridgehead atoms. The summed E-state index contributed by atoms with van der Waals surface area (Å²) in [4.78, 5) is 23.0. The minimum atomic E-state index is -0.519. The molecule has 0 heterocycles. The number of carbonyl (C=O) groups excluding carboxylic acids is 2. The summed E-state index contributed by atoms with van der Waals surface area (Å²) >= 11 is 0. The highest BCUT2D eigenvalue weighted by Crippen LogP contribution is 2.17. The van der Waals surface area contributed by atoms with Gasteiger partial charge in [-0.05, 0) is 64.2 Å². The van der Waals surface area contributed by atoms with Gasteiger partial charge in [-0.3, -0.25) is 4.79 Å². The molecule has 0 aliphatic heterocycles. The number of nitrogen functional groups attached to an aromatic ring is 1. The SMILES string of the molecule is CCOC(=O)CCCCc1cc(CNC(=O)OC(C)(C)C)ccc1N. The molecule has 0 saturated heterocycles. The van der Waals surface area contributed by atoms with Gasteiger partial charge in [0.1, 0.15) is 5.60 Å². The fourth-order valence-electron chi connectivity index (χ4n) is 2.29. The number of amides is 1. The fourth-order valence-corrected chi connectivity index (χ4v) is 2.29. The van der Waals surface area contributed by atoms with Crippen molar-refractivity contribution >= 4 is 17.7 Å². The second-order valence-corrected chi connectivity index (χ2v) is 6.90. The van der Waals surface area contributed by atoms with Gasteiger partial charge in [0.25, 0.3) is 0 Å². The summed E-state index contributed by atoms with van der Waals surface area (Å²) in [6.45, 7) is 8.07. The van der Waals surface area contributed by atoms with Gasteiger partial charge in [-0.2, -0.15) is 0 Å². The number of rotatable bonds is 8. The number of hydrogen-bond donors (Lipinski definition) is 2. The number of carbonyl (C=O) groups is 2. The number of benzene rings is 1. The van der Waals surface area contributed by atoms with Crippen LogP contribution < -0.4 is 11.1 Å². The van der Waals surface area contributed by atoms with Gasteiger partial charge in [0, 0.05) is 18.7 Å². The maximum atomic E-state index is 11.7. The van der Waals surface area contributed by atoms with Crippen molar-refractivity contribution in [2.24, 2.45) is 0 Å². The Morgan fingerprint density at radius 2 is 1.92 bits per heavy atom. The minimum Gasteiger partial charge on any atom is -0.466 e. The van der Waals surface area contributed by atoms with Crippen LogP contribution in [0.25, 0.3) is 0 Å². The quantitative estimate of drug-likeness (QED) is 0.425. The van der Waals surface area contributed by atoms with Crippen LogP contribution >= 0.6 is 0 Å². The molecule has 0 aliphatic rings. The summed E-state index contributed by atoms with van der Waals surface area (Å²) in [7, 11) is 0. The molecular weight excluding hydrogens is 320 g/mol. The molecule has 0 aliphatic carbocycles. The van der Waals surface area contributed by atoms with E-state index in [1.807, 2.05) is 39.0 Å². The molecule has 25 heavy (non-hydrogen) atoms. The van der Waals surface area contributed by atoms with Crippen LogP contribution in [0.1, 0.15) is 58.1 Å². The monoisotopic (exact) mass is 350 g/mol. The number of anilines is 1. The Balaban J connectivity index is 2.47. The van der Waals surface area contributed by atoms with E-state index in [-0.39, 0.29) is 5.97 Å². The first kappa shape index (κ1) is 20.8. The lowest BCUT2D eigenvalue weighted by Crippen LogP contribution is -2.32. The van der Waals surface area contributed by atoms with E-state index in [0.717, 1.165) is 36.1 Å². The minimum absolute atomic E-state index is 0.161. The van der Waals surface area contributed by atoms with Crippen molar-refractivity contribution in [2.45, 2.75) is 65.5 Å². The summed E-state index contributed by atoms with van der Waals surface area (Å²) in [5.74, 6) is -0.161. The van der Waals surface area contributed by atoms with Crippen LogP contribution in [0.15, 0.2) is 18.2 Å². The average Bonchev–Trinajstić information content (AvgIpc) is 2.50. The molecule has 0 unspecified atom stereocenters. The van der Waals surface area contributed by atoms with E-state index < -0.39 is 11.7 Å². The largest absolute Gasteiger partial charge is 0.466 e. The third kappa shape index (κ3) is 8.98. The number of aryl methyl sites for hydroxylation is 1. The van der Waals surface area contributed by atoms with Crippen molar-refractivity contribution < 1.29 is 19.1 Å². The van der Waals surface area contributed by atoms with Crippen LogP contribution in [-0.4, -0.2) is 24.3 Å². The standard InChI is InChI=1S/C19H30N2O4/c1-5-24-17(22)9-7-6-8-15-12-14(10-11-16(15)20)13-21-18(23)25-19(2,3)4/h10-12H,5-9,13,20H2,1-4H3,(H,21,23). The number of nitrogens with two attached hydrogens (primary N) is 1. The van der Waals surface area contributed by atoms with Gasteiger partial charge in [0.05, 0.1) is 6.61 Å². The van der Waals surface area contributed by atoms with Crippen LogP contribution in [0.2, 0.25) is 0 Å². The Morgan fingerprint density at radius 3 is 2.56 bits per heavy atom. The number of unbranched alkanes of at least 4 members (excludes halogenated alkanes) is 1. The lowest BCUT2D eigenvalue weighted by Gasteiger charge is -2.19. The summed E-state index contributed by atoms with van der Waals surface area (Å²) in [6.07, 6.45) is 2.38. The van der Waals surface area contributed by atoms with Crippen molar-refractivity contribution in [2.75, 3.05) is 12.3 Å². The Hall–Kier alpha value is -2.24. The molecule has 0 atom stereocenters. The van der Waals surface area contributed by atoms with Gasteiger partial charge in [0.2, 0.25) is 0 Å². The summed E-state index contributed by atoms with van der Waals surface area (Å²) < 4.78 is 10.1. The molecular formula is C19H30N2O4. The molecule has 1 amide bonds. The van der Waals surface area contributed by atoms with Gasteiger partial charge < -0.3 is 20.5 Å². The molecule has 6 nitrogen and oxygen atoms in total. The Labute approximate surface area is 150 Å². The van der Waals surface area contributed by atoms with Crippen molar-refractivity contribution in [3.63, 3.8) is 0 Å². The highest BCUT2D eigenvalue weighted by Gasteiger charge is 2.15. The maximum absolute atomic E-state index is 11.7. The van der Waals surface area contributed by atoms with E-state index in [4.69, 9.17) is 15.2 Å². The number of esters is 1. The summed E-state index contributed by atoms with van der Waals surface area (Å²) in [5.41, 5.74) is 8.20. The van der Waals surface area contributed by atoms with E-state index >= 15 is 0 Å². The van der Waals surface area contributed by atoms with Gasteiger partial charge in [-0.1, -0.05) is 12.1 Å². The van der Waals surface area contributed by atoms with E-state index in [1.54, 1.807) is 6.92 Å². The number of hydrogen-bond acceptors (Lipinski definition) is 5. The van der Waals surface area contributed by atoms with Crippen LogP contribution in [0.4, 0.5) is 10.5 Å². The van der Waals surface area contributed by atoms with Crippen molar-refractivity contribution in [1.29, 1.82) is 0 Å². The third-order valence-corrected chi connectivity index (χ3v) is 3.43. The van der Waals surface area contributed by atoms with E-state index in [9.17, 15) is 9.59 Å². The zero-order chi connectivity index (χ0) is 18.9. The third-order valence-electron chi connectivity index (χ3n) is 3.43. The number of ether oxygens (including phenoxy) is 2. The lowest BCUT2D eigenvalue weighted by atomic mass is 10.0. The second kappa shape index (κ2) is 9.91. The van der Waals surface area contributed by atoms with Gasteiger partial charge in [-0.15, -0.1) is 0 Å². The van der Waals surface area contributed by atoms with E-state index in [0.29, 0.717) is 19.6 Å². The van der Waals surface area contributed by atoms with E-state index in [1.165, 1.54) is 0 Å². The lowest BCUT2D eigenvalue weighted by molar-refractivity contribution is -0.143. The number of alkyl carbamates (subject to hydrolysis) is 1. The summed E-state index contributed by atoms with van der Waals surface area (Å²) in [6, 6.07) is 5.71. The molecule has 140 valence electrons. The first-order chi connectivity index (χ1) is 11.7. The molecule has 3 N–H and O–H groups in total. The molecule has 1 aromatic rings. The highest BCUT2D eigenvalue weighted by molar-refractivity contribution is 5.69. The molecule has 1 rings (SSSR count). The maximum Gasteiger partial charge on any atom is 0.407 e.